The molecule has 7 heteroatoms. The molecular formula is C8H5ClN2O2S2. The van der Waals surface area contributed by atoms with Crippen LogP contribution in [0.15, 0.2) is 15.5 Å². The Bertz CT molecular complexity index is 522. The number of pyridine rings is 1. The molecule has 1 aromatic heterocycles. The molecule has 0 saturated carbocycles. The molecule has 2 N–H and O–H groups in total. The van der Waals surface area contributed by atoms with E-state index in [9.17, 15) is 9.11 Å². The van der Waals surface area contributed by atoms with Crippen LogP contribution in [0.2, 0.25) is 5.02 Å². The Morgan fingerprint density at radius 2 is 2.20 bits per heavy atom. The highest BCUT2D eigenvalue weighted by atomic mass is 35.5. The van der Waals surface area contributed by atoms with Gasteiger partial charge in [-0.25, -0.2) is 4.98 Å². The second-order valence-corrected chi connectivity index (χ2v) is 5.93. The first kappa shape index (κ1) is 10.8. The number of aromatic nitrogens is 1. The monoisotopic (exact) mass is 260 g/mol. The molecule has 0 aliphatic carbocycles. The van der Waals surface area contributed by atoms with Gasteiger partial charge in [0.25, 0.3) is 0 Å². The summed E-state index contributed by atoms with van der Waals surface area (Å²) in [6.45, 7) is 0. The molecule has 0 aromatic carbocycles. The smallest absolute Gasteiger partial charge is 0.161 e. The first-order chi connectivity index (χ1) is 6.98. The third-order valence-electron chi connectivity index (χ3n) is 1.96. The predicted molar refractivity (Wildman–Crippen MR) is 62.0 cm³/mol. The largest absolute Gasteiger partial charge is 0.289 e. The van der Waals surface area contributed by atoms with E-state index < -0.39 is 10.6 Å². The van der Waals surface area contributed by atoms with E-state index in [-0.39, 0.29) is 19.8 Å². The van der Waals surface area contributed by atoms with Crippen LogP contribution in [0.5, 0.6) is 0 Å². The molecule has 2 rings (SSSR count). The maximum atomic E-state index is 9.69. The summed E-state index contributed by atoms with van der Waals surface area (Å²) in [5, 5.41) is 8.97. The highest BCUT2D eigenvalue weighted by Crippen LogP contribution is 2.63. The molecule has 1 aliphatic heterocycles. The molecule has 0 saturated heterocycles. The fourth-order valence-corrected chi connectivity index (χ4v) is 3.05. The van der Waals surface area contributed by atoms with Crippen LogP contribution in [0.25, 0.3) is 6.08 Å². The van der Waals surface area contributed by atoms with Gasteiger partial charge in [0, 0.05) is 11.8 Å². The highest BCUT2D eigenvalue weighted by Gasteiger charge is 2.32. The maximum absolute atomic E-state index is 9.69. The van der Waals surface area contributed by atoms with Gasteiger partial charge in [-0.2, -0.15) is 5.26 Å². The van der Waals surface area contributed by atoms with Gasteiger partial charge < -0.3 is 0 Å². The van der Waals surface area contributed by atoms with Crippen molar-refractivity contribution >= 4 is 40.9 Å². The Kier molecular flexibility index (Phi) is 2.45. The SMILES string of the molecule is N#Cc1cnc2c(c1Cl)C=C(S)S2(O)O. The molecule has 0 amide bonds. The van der Waals surface area contributed by atoms with Gasteiger partial charge in [-0.3, -0.25) is 9.11 Å². The average Bonchev–Trinajstić information content (AvgIpc) is 2.41. The molecule has 15 heavy (non-hydrogen) atoms. The predicted octanol–water partition coefficient (Wildman–Crippen LogP) is 2.96. The van der Waals surface area contributed by atoms with Crippen LogP contribution in [-0.4, -0.2) is 14.1 Å². The van der Waals surface area contributed by atoms with E-state index in [0.717, 1.165) is 0 Å². The van der Waals surface area contributed by atoms with Crippen molar-refractivity contribution < 1.29 is 9.11 Å². The van der Waals surface area contributed by atoms with E-state index in [0.29, 0.717) is 5.56 Å². The Hall–Kier alpha value is -0.710. The van der Waals surface area contributed by atoms with E-state index in [1.54, 1.807) is 0 Å². The molecule has 1 aromatic rings. The van der Waals surface area contributed by atoms with E-state index in [1.807, 2.05) is 6.07 Å². The summed E-state index contributed by atoms with van der Waals surface area (Å²) in [5.41, 5.74) is 0.561. The third kappa shape index (κ3) is 1.44. The van der Waals surface area contributed by atoms with Crippen LogP contribution >= 0.6 is 34.8 Å². The summed E-state index contributed by atoms with van der Waals surface area (Å²) in [7, 11) is -3.11. The molecule has 78 valence electrons. The fourth-order valence-electron chi connectivity index (χ4n) is 1.22. The minimum absolute atomic E-state index is 0.0801. The molecule has 0 bridgehead atoms. The molecule has 0 radical (unpaired) electrons. The van der Waals surface area contributed by atoms with Crippen molar-refractivity contribution in [3.63, 3.8) is 0 Å². The summed E-state index contributed by atoms with van der Waals surface area (Å²) in [6, 6.07) is 1.86. The number of thiol groups is 1. The van der Waals surface area contributed by atoms with Crippen molar-refractivity contribution in [2.24, 2.45) is 0 Å². The molecule has 1 aliphatic rings. The van der Waals surface area contributed by atoms with Crippen LogP contribution in [-0.2, 0) is 0 Å². The van der Waals surface area contributed by atoms with Gasteiger partial charge in [0.05, 0.1) is 14.8 Å². The van der Waals surface area contributed by atoms with Gasteiger partial charge in [0.15, 0.2) is 5.03 Å². The van der Waals surface area contributed by atoms with E-state index in [1.165, 1.54) is 12.3 Å². The van der Waals surface area contributed by atoms with Gasteiger partial charge in [-0.05, 0) is 6.08 Å². The normalized spacial score (nSPS) is 19.0. The average molecular weight is 261 g/mol. The van der Waals surface area contributed by atoms with Crippen molar-refractivity contribution in [3.05, 3.63) is 26.6 Å². The number of hydrogen-bond acceptors (Lipinski definition) is 5. The van der Waals surface area contributed by atoms with Crippen molar-refractivity contribution in [3.8, 4) is 6.07 Å². The Labute approximate surface area is 98.0 Å². The quantitative estimate of drug-likeness (QED) is 0.627. The van der Waals surface area contributed by atoms with Crippen molar-refractivity contribution in [2.45, 2.75) is 5.03 Å². The van der Waals surface area contributed by atoms with Gasteiger partial charge in [-0.15, -0.1) is 23.2 Å². The lowest BCUT2D eigenvalue weighted by molar-refractivity contribution is 0.496. The lowest BCUT2D eigenvalue weighted by atomic mass is 10.2. The van der Waals surface area contributed by atoms with Crippen molar-refractivity contribution in [1.29, 1.82) is 5.26 Å². The lowest BCUT2D eigenvalue weighted by Crippen LogP contribution is -1.98. The topological polar surface area (TPSA) is 77.1 Å². The molecule has 0 unspecified atom stereocenters. The van der Waals surface area contributed by atoms with Crippen LogP contribution in [0.4, 0.5) is 0 Å². The minimum atomic E-state index is -3.11. The second-order valence-electron chi connectivity index (χ2n) is 2.85. The van der Waals surface area contributed by atoms with Gasteiger partial charge in [0.2, 0.25) is 0 Å². The zero-order valence-corrected chi connectivity index (χ0v) is 9.64. The van der Waals surface area contributed by atoms with Gasteiger partial charge >= 0.3 is 0 Å². The molecular weight excluding hydrogens is 256 g/mol. The van der Waals surface area contributed by atoms with Crippen molar-refractivity contribution in [2.75, 3.05) is 0 Å². The standard InChI is InChI=1S/C8H5ClN2O2S2/c9-7-4(2-10)3-11-8-5(7)1-6(14)15(8,12)13/h1,3,12-14H. The van der Waals surface area contributed by atoms with Crippen LogP contribution in [0.3, 0.4) is 0 Å². The fraction of sp³-hybridized carbons (Fsp3) is 0. The number of fused-ring (bicyclic) bond motifs is 1. The number of nitrogens with zero attached hydrogens (tertiary/aromatic N) is 2. The summed E-state index contributed by atoms with van der Waals surface area (Å²) in [5.74, 6) is 0. The Balaban J connectivity index is 2.75. The number of rotatable bonds is 0. The van der Waals surface area contributed by atoms with Gasteiger partial charge in [0.1, 0.15) is 6.07 Å². The molecule has 0 spiro atoms. The molecule has 4 nitrogen and oxygen atoms in total. The first-order valence-corrected chi connectivity index (χ1v) is 6.13. The zero-order valence-electron chi connectivity index (χ0n) is 7.18. The summed E-state index contributed by atoms with van der Waals surface area (Å²) < 4.78 is 19.5. The van der Waals surface area contributed by atoms with E-state index >= 15 is 0 Å². The number of halogens is 1. The molecule has 2 heterocycles. The molecule has 0 atom stereocenters. The zero-order chi connectivity index (χ0) is 11.2. The highest BCUT2D eigenvalue weighted by molar-refractivity contribution is 8.34. The maximum Gasteiger partial charge on any atom is 0.161 e. The third-order valence-corrected chi connectivity index (χ3v) is 4.83. The summed E-state index contributed by atoms with van der Waals surface area (Å²) in [4.78, 5) is 3.82. The van der Waals surface area contributed by atoms with Crippen LogP contribution < -0.4 is 0 Å². The van der Waals surface area contributed by atoms with Crippen LogP contribution in [0.1, 0.15) is 11.1 Å². The second kappa shape index (κ2) is 3.40. The lowest BCUT2D eigenvalue weighted by Gasteiger charge is -2.27. The molecule has 0 fully saturated rings. The first-order valence-electron chi connectivity index (χ1n) is 3.76. The summed E-state index contributed by atoms with van der Waals surface area (Å²) in [6.07, 6.45) is 2.64. The van der Waals surface area contributed by atoms with E-state index in [4.69, 9.17) is 16.9 Å². The number of nitriles is 1. The van der Waals surface area contributed by atoms with E-state index in [2.05, 4.69) is 17.6 Å². The van der Waals surface area contributed by atoms with Crippen molar-refractivity contribution in [1.82, 2.24) is 4.98 Å². The summed E-state index contributed by atoms with van der Waals surface area (Å²) >= 11 is 9.84. The van der Waals surface area contributed by atoms with Crippen LogP contribution in [0, 0.1) is 11.3 Å². The Morgan fingerprint density at radius 1 is 1.53 bits per heavy atom. The number of hydrogen-bond donors (Lipinski definition) is 3. The Morgan fingerprint density at radius 3 is 2.80 bits per heavy atom. The minimum Gasteiger partial charge on any atom is -0.289 e. The van der Waals surface area contributed by atoms with Gasteiger partial charge in [-0.1, -0.05) is 11.6 Å².